The summed E-state index contributed by atoms with van der Waals surface area (Å²) in [6.07, 6.45) is 1.83. The van der Waals surface area contributed by atoms with Crippen LogP contribution in [0, 0.1) is 10.1 Å². The number of aryl methyl sites for hydroxylation is 1. The zero-order chi connectivity index (χ0) is 21.0. The SMILES string of the molecule is CN(Cc1ccn(C)n1)C(=O)c1ccc(COc2ccc([N+](=O)[O-])cc2Cl)cc1. The maximum Gasteiger partial charge on any atom is 0.271 e. The molecule has 0 atom stereocenters. The highest BCUT2D eigenvalue weighted by atomic mass is 35.5. The largest absolute Gasteiger partial charge is 0.487 e. The summed E-state index contributed by atoms with van der Waals surface area (Å²) < 4.78 is 7.32. The van der Waals surface area contributed by atoms with Gasteiger partial charge in [0.05, 0.1) is 22.2 Å². The second-order valence-corrected chi connectivity index (χ2v) is 6.91. The van der Waals surface area contributed by atoms with Crippen molar-refractivity contribution in [2.75, 3.05) is 7.05 Å². The average Bonchev–Trinajstić information content (AvgIpc) is 3.11. The van der Waals surface area contributed by atoms with E-state index in [2.05, 4.69) is 5.10 Å². The first-order valence-electron chi connectivity index (χ1n) is 8.73. The van der Waals surface area contributed by atoms with Gasteiger partial charge >= 0.3 is 0 Å². The minimum Gasteiger partial charge on any atom is -0.487 e. The van der Waals surface area contributed by atoms with Gasteiger partial charge in [-0.1, -0.05) is 23.7 Å². The molecule has 0 spiro atoms. The summed E-state index contributed by atoms with van der Waals surface area (Å²) in [4.78, 5) is 24.4. The van der Waals surface area contributed by atoms with Crippen molar-refractivity contribution < 1.29 is 14.5 Å². The zero-order valence-electron chi connectivity index (χ0n) is 15.9. The Balaban J connectivity index is 1.59. The molecule has 1 heterocycles. The number of ether oxygens (including phenoxy) is 1. The molecule has 0 bridgehead atoms. The lowest BCUT2D eigenvalue weighted by Gasteiger charge is -2.16. The van der Waals surface area contributed by atoms with Crippen LogP contribution >= 0.6 is 11.6 Å². The Morgan fingerprint density at radius 3 is 2.55 bits per heavy atom. The number of aromatic nitrogens is 2. The lowest BCUT2D eigenvalue weighted by atomic mass is 10.1. The Bertz CT molecular complexity index is 1030. The van der Waals surface area contributed by atoms with Gasteiger partial charge in [0.15, 0.2) is 0 Å². The van der Waals surface area contributed by atoms with Gasteiger partial charge in [0.1, 0.15) is 12.4 Å². The number of nitrogens with zero attached hydrogens (tertiary/aromatic N) is 4. The number of carbonyl (C=O) groups is 1. The fraction of sp³-hybridized carbons (Fsp3) is 0.200. The number of halogens is 1. The van der Waals surface area contributed by atoms with E-state index in [1.807, 2.05) is 19.3 Å². The number of carbonyl (C=O) groups excluding carboxylic acids is 1. The molecule has 1 amide bonds. The number of nitro groups is 1. The Kier molecular flexibility index (Phi) is 6.13. The molecule has 2 aromatic carbocycles. The number of non-ortho nitro benzene ring substituents is 1. The summed E-state index contributed by atoms with van der Waals surface area (Å²) in [5, 5.41) is 15.2. The van der Waals surface area contributed by atoms with Crippen molar-refractivity contribution in [3.8, 4) is 5.75 Å². The molecule has 0 saturated heterocycles. The lowest BCUT2D eigenvalue weighted by molar-refractivity contribution is -0.384. The van der Waals surface area contributed by atoms with E-state index in [0.717, 1.165) is 11.3 Å². The summed E-state index contributed by atoms with van der Waals surface area (Å²) in [6, 6.07) is 13.0. The first-order chi connectivity index (χ1) is 13.8. The van der Waals surface area contributed by atoms with Crippen LogP contribution in [0.4, 0.5) is 5.69 Å². The van der Waals surface area contributed by atoms with Crippen molar-refractivity contribution in [1.29, 1.82) is 0 Å². The number of hydrogen-bond donors (Lipinski definition) is 0. The van der Waals surface area contributed by atoms with Crippen molar-refractivity contribution in [3.63, 3.8) is 0 Å². The van der Waals surface area contributed by atoms with Crippen LogP contribution in [0.3, 0.4) is 0 Å². The van der Waals surface area contributed by atoms with Crippen LogP contribution in [0.2, 0.25) is 5.02 Å². The van der Waals surface area contributed by atoms with Gasteiger partial charge in [-0.15, -0.1) is 0 Å². The molecule has 9 heteroatoms. The van der Waals surface area contributed by atoms with E-state index in [4.69, 9.17) is 16.3 Å². The second kappa shape index (κ2) is 8.74. The molecule has 150 valence electrons. The molecule has 3 aromatic rings. The van der Waals surface area contributed by atoms with Gasteiger partial charge in [0.25, 0.3) is 11.6 Å². The van der Waals surface area contributed by atoms with Gasteiger partial charge in [0.2, 0.25) is 0 Å². The van der Waals surface area contributed by atoms with E-state index < -0.39 is 4.92 Å². The summed E-state index contributed by atoms with van der Waals surface area (Å²) in [7, 11) is 3.56. The third-order valence-corrected chi connectivity index (χ3v) is 4.53. The lowest BCUT2D eigenvalue weighted by Crippen LogP contribution is -2.26. The van der Waals surface area contributed by atoms with Gasteiger partial charge in [-0.3, -0.25) is 19.6 Å². The third-order valence-electron chi connectivity index (χ3n) is 4.24. The molecule has 0 N–H and O–H groups in total. The smallest absolute Gasteiger partial charge is 0.271 e. The van der Waals surface area contributed by atoms with Crippen molar-refractivity contribution >= 4 is 23.2 Å². The Morgan fingerprint density at radius 1 is 1.24 bits per heavy atom. The van der Waals surface area contributed by atoms with E-state index >= 15 is 0 Å². The highest BCUT2D eigenvalue weighted by Crippen LogP contribution is 2.29. The molecule has 0 aliphatic rings. The minimum atomic E-state index is -0.518. The minimum absolute atomic E-state index is 0.0972. The highest BCUT2D eigenvalue weighted by Gasteiger charge is 2.14. The van der Waals surface area contributed by atoms with Gasteiger partial charge in [-0.2, -0.15) is 5.10 Å². The van der Waals surface area contributed by atoms with Crippen molar-refractivity contribution in [3.05, 3.63) is 86.7 Å². The number of hydrogen-bond acceptors (Lipinski definition) is 5. The number of benzene rings is 2. The zero-order valence-corrected chi connectivity index (χ0v) is 16.7. The molecular weight excluding hydrogens is 396 g/mol. The average molecular weight is 415 g/mol. The summed E-state index contributed by atoms with van der Waals surface area (Å²) in [5.74, 6) is 0.244. The molecular formula is C20H19ClN4O4. The van der Waals surface area contributed by atoms with Gasteiger partial charge in [0, 0.05) is 38.0 Å². The second-order valence-electron chi connectivity index (χ2n) is 6.50. The molecule has 0 radical (unpaired) electrons. The molecule has 8 nitrogen and oxygen atoms in total. The van der Waals surface area contributed by atoms with Crippen molar-refractivity contribution in [2.24, 2.45) is 7.05 Å². The van der Waals surface area contributed by atoms with Crippen LogP contribution in [0.1, 0.15) is 21.6 Å². The molecule has 1 aromatic heterocycles. The summed E-state index contributed by atoms with van der Waals surface area (Å²) in [6.45, 7) is 0.638. The van der Waals surface area contributed by atoms with Crippen LogP contribution in [-0.2, 0) is 20.2 Å². The van der Waals surface area contributed by atoms with E-state index in [0.29, 0.717) is 17.9 Å². The fourth-order valence-electron chi connectivity index (χ4n) is 2.71. The quantitative estimate of drug-likeness (QED) is 0.433. The summed E-state index contributed by atoms with van der Waals surface area (Å²) >= 11 is 6.02. The van der Waals surface area contributed by atoms with Crippen LogP contribution in [0.5, 0.6) is 5.75 Å². The third kappa shape index (κ3) is 5.11. The number of amides is 1. The molecule has 29 heavy (non-hydrogen) atoms. The predicted molar refractivity (Wildman–Crippen MR) is 108 cm³/mol. The fourth-order valence-corrected chi connectivity index (χ4v) is 2.94. The van der Waals surface area contributed by atoms with Crippen LogP contribution in [-0.4, -0.2) is 32.6 Å². The molecule has 0 aliphatic carbocycles. The first kappa shape index (κ1) is 20.3. The van der Waals surface area contributed by atoms with Crippen LogP contribution in [0.15, 0.2) is 54.7 Å². The molecule has 0 fully saturated rings. The summed E-state index contributed by atoms with van der Waals surface area (Å²) in [5.41, 5.74) is 2.11. The van der Waals surface area contributed by atoms with Gasteiger partial charge < -0.3 is 9.64 Å². The monoisotopic (exact) mass is 414 g/mol. The van der Waals surface area contributed by atoms with Crippen LogP contribution < -0.4 is 4.74 Å². The number of rotatable bonds is 7. The van der Waals surface area contributed by atoms with E-state index in [9.17, 15) is 14.9 Å². The standard InChI is InChI=1S/C20H19ClN4O4/c1-23(12-16-9-10-24(2)22-16)20(26)15-5-3-14(4-6-15)13-29-19-8-7-17(25(27)28)11-18(19)21/h3-11H,12-13H2,1-2H3. The van der Waals surface area contributed by atoms with Gasteiger partial charge in [-0.05, 0) is 29.8 Å². The molecule has 0 unspecified atom stereocenters. The Hall–Kier alpha value is -3.39. The molecule has 0 aliphatic heterocycles. The molecule has 0 saturated carbocycles. The molecule has 3 rings (SSSR count). The van der Waals surface area contributed by atoms with Crippen molar-refractivity contribution in [1.82, 2.24) is 14.7 Å². The topological polar surface area (TPSA) is 90.5 Å². The maximum absolute atomic E-state index is 12.6. The van der Waals surface area contributed by atoms with Gasteiger partial charge in [-0.25, -0.2) is 0 Å². The Labute approximate surface area is 172 Å². The Morgan fingerprint density at radius 2 is 1.97 bits per heavy atom. The predicted octanol–water partition coefficient (Wildman–Crippen LogP) is 3.83. The van der Waals surface area contributed by atoms with E-state index in [1.54, 1.807) is 40.9 Å². The normalized spacial score (nSPS) is 10.6. The van der Waals surface area contributed by atoms with E-state index in [-0.39, 0.29) is 23.2 Å². The number of nitro benzene ring substituents is 1. The van der Waals surface area contributed by atoms with Crippen LogP contribution in [0.25, 0.3) is 0 Å². The maximum atomic E-state index is 12.6. The first-order valence-corrected chi connectivity index (χ1v) is 9.11. The highest BCUT2D eigenvalue weighted by molar-refractivity contribution is 6.32. The van der Waals surface area contributed by atoms with E-state index in [1.165, 1.54) is 18.2 Å². The van der Waals surface area contributed by atoms with Crippen molar-refractivity contribution in [2.45, 2.75) is 13.2 Å².